The number of carbonyl (C=O) groups is 1. The number of aryl methyl sites for hydroxylation is 2. The summed E-state index contributed by atoms with van der Waals surface area (Å²) in [4.78, 5) is 12.4. The van der Waals surface area contributed by atoms with E-state index >= 15 is 0 Å². The molecular formula is C15H15N5O2. The highest BCUT2D eigenvalue weighted by Gasteiger charge is 2.20. The summed E-state index contributed by atoms with van der Waals surface area (Å²) in [6.45, 7) is 5.30. The van der Waals surface area contributed by atoms with Gasteiger partial charge in [-0.3, -0.25) is 10.1 Å². The van der Waals surface area contributed by atoms with Crippen molar-refractivity contribution in [3.63, 3.8) is 0 Å². The zero-order valence-corrected chi connectivity index (χ0v) is 12.5. The molecule has 0 fully saturated rings. The third-order valence-corrected chi connectivity index (χ3v) is 3.27. The molecular weight excluding hydrogens is 282 g/mol. The molecule has 0 aliphatic rings. The first kappa shape index (κ1) is 14.0. The minimum atomic E-state index is -0.319. The average molecular weight is 297 g/mol. The second-order valence-electron chi connectivity index (χ2n) is 4.87. The highest BCUT2D eigenvalue weighted by molar-refractivity contribution is 6.04. The van der Waals surface area contributed by atoms with Crippen molar-refractivity contribution in [3.8, 4) is 5.69 Å². The number of rotatable bonds is 3. The Labute approximate surface area is 127 Å². The average Bonchev–Trinajstić information content (AvgIpc) is 3.03. The van der Waals surface area contributed by atoms with Crippen LogP contribution in [0.5, 0.6) is 0 Å². The first-order chi connectivity index (χ1) is 10.6. The molecule has 7 nitrogen and oxygen atoms in total. The number of benzene rings is 1. The molecule has 0 unspecified atom stereocenters. The van der Waals surface area contributed by atoms with E-state index < -0.39 is 0 Å². The number of hydrogen-bond donors (Lipinski definition) is 1. The largest absolute Gasteiger partial charge is 0.408 e. The molecule has 0 saturated carbocycles. The molecule has 1 aromatic carbocycles. The van der Waals surface area contributed by atoms with Gasteiger partial charge in [-0.05, 0) is 26.0 Å². The van der Waals surface area contributed by atoms with Gasteiger partial charge in [0.15, 0.2) is 0 Å². The number of para-hydroxylation sites is 1. The highest BCUT2D eigenvalue weighted by Crippen LogP contribution is 2.19. The standard InChI is InChI=1S/C15H15N5O2/c1-9-13(14(21)16-15-18-17-11(3)22-15)10(2)20(19-9)12-7-5-4-6-8-12/h4-8H,1-3H3,(H,16,18,21). The molecule has 7 heteroatoms. The number of hydrogen-bond acceptors (Lipinski definition) is 5. The smallest absolute Gasteiger partial charge is 0.322 e. The van der Waals surface area contributed by atoms with E-state index in [0.717, 1.165) is 11.4 Å². The number of aromatic nitrogens is 4. The van der Waals surface area contributed by atoms with Gasteiger partial charge in [-0.2, -0.15) is 5.10 Å². The Balaban J connectivity index is 1.94. The van der Waals surface area contributed by atoms with Crippen LogP contribution in [0.4, 0.5) is 6.01 Å². The molecule has 112 valence electrons. The van der Waals surface area contributed by atoms with Crippen LogP contribution in [-0.2, 0) is 0 Å². The minimum absolute atomic E-state index is 0.0776. The van der Waals surface area contributed by atoms with Crippen LogP contribution in [0, 0.1) is 20.8 Å². The molecule has 1 amide bonds. The van der Waals surface area contributed by atoms with Gasteiger partial charge in [-0.1, -0.05) is 23.3 Å². The molecule has 3 rings (SSSR count). The Morgan fingerprint density at radius 3 is 2.50 bits per heavy atom. The van der Waals surface area contributed by atoms with Gasteiger partial charge in [0, 0.05) is 6.92 Å². The highest BCUT2D eigenvalue weighted by atomic mass is 16.4. The van der Waals surface area contributed by atoms with Gasteiger partial charge < -0.3 is 4.42 Å². The van der Waals surface area contributed by atoms with Gasteiger partial charge in [0.05, 0.1) is 22.6 Å². The van der Waals surface area contributed by atoms with Crippen LogP contribution in [0.1, 0.15) is 27.6 Å². The van der Waals surface area contributed by atoms with Crippen LogP contribution in [-0.4, -0.2) is 25.9 Å². The Morgan fingerprint density at radius 2 is 1.86 bits per heavy atom. The van der Waals surface area contributed by atoms with Gasteiger partial charge in [0.1, 0.15) is 0 Å². The van der Waals surface area contributed by atoms with Crippen molar-refractivity contribution in [2.24, 2.45) is 0 Å². The molecule has 2 aromatic heterocycles. The Hall–Kier alpha value is -2.96. The van der Waals surface area contributed by atoms with Gasteiger partial charge in [0.2, 0.25) is 5.89 Å². The molecule has 0 aliphatic heterocycles. The summed E-state index contributed by atoms with van der Waals surface area (Å²) >= 11 is 0. The van der Waals surface area contributed by atoms with Crippen LogP contribution < -0.4 is 5.32 Å². The van der Waals surface area contributed by atoms with Crippen LogP contribution in [0.15, 0.2) is 34.7 Å². The lowest BCUT2D eigenvalue weighted by atomic mass is 10.2. The number of nitrogens with zero attached hydrogens (tertiary/aromatic N) is 4. The topological polar surface area (TPSA) is 85.8 Å². The zero-order chi connectivity index (χ0) is 15.7. The van der Waals surface area contributed by atoms with Gasteiger partial charge >= 0.3 is 6.01 Å². The predicted octanol–water partition coefficient (Wildman–Crippen LogP) is 2.43. The van der Waals surface area contributed by atoms with Crippen molar-refractivity contribution in [2.75, 3.05) is 5.32 Å². The number of nitrogens with one attached hydrogen (secondary N) is 1. The quantitative estimate of drug-likeness (QED) is 0.802. The third-order valence-electron chi connectivity index (χ3n) is 3.27. The van der Waals surface area contributed by atoms with E-state index in [-0.39, 0.29) is 11.9 Å². The fourth-order valence-corrected chi connectivity index (χ4v) is 2.30. The van der Waals surface area contributed by atoms with Gasteiger partial charge in [-0.25, -0.2) is 4.68 Å². The lowest BCUT2D eigenvalue weighted by Gasteiger charge is -2.04. The minimum Gasteiger partial charge on any atom is -0.408 e. The summed E-state index contributed by atoms with van der Waals surface area (Å²) in [7, 11) is 0. The van der Waals surface area contributed by atoms with E-state index in [1.807, 2.05) is 37.3 Å². The molecule has 0 spiro atoms. The molecule has 22 heavy (non-hydrogen) atoms. The fourth-order valence-electron chi connectivity index (χ4n) is 2.30. The second-order valence-corrected chi connectivity index (χ2v) is 4.87. The third kappa shape index (κ3) is 2.48. The molecule has 0 bridgehead atoms. The van der Waals surface area contributed by atoms with E-state index in [0.29, 0.717) is 17.1 Å². The SMILES string of the molecule is Cc1nnc(NC(=O)c2c(C)nn(-c3ccccc3)c2C)o1. The summed E-state index contributed by atoms with van der Waals surface area (Å²) < 4.78 is 6.90. The van der Waals surface area contributed by atoms with Crippen LogP contribution in [0.3, 0.4) is 0 Å². The summed E-state index contributed by atoms with van der Waals surface area (Å²) in [6, 6.07) is 9.72. The first-order valence-electron chi connectivity index (χ1n) is 6.79. The Morgan fingerprint density at radius 1 is 1.14 bits per heavy atom. The van der Waals surface area contributed by atoms with Crippen LogP contribution >= 0.6 is 0 Å². The number of carbonyl (C=O) groups excluding carboxylic acids is 1. The maximum atomic E-state index is 12.4. The van der Waals surface area contributed by atoms with Crippen molar-refractivity contribution in [3.05, 3.63) is 53.2 Å². The first-order valence-corrected chi connectivity index (χ1v) is 6.79. The molecule has 0 saturated heterocycles. The molecule has 0 aliphatic carbocycles. The van der Waals surface area contributed by atoms with E-state index in [1.54, 1.807) is 18.5 Å². The second kappa shape index (κ2) is 5.44. The fraction of sp³-hybridized carbons (Fsp3) is 0.200. The number of amides is 1. The van der Waals surface area contributed by atoms with Crippen molar-refractivity contribution in [1.82, 2.24) is 20.0 Å². The maximum absolute atomic E-state index is 12.4. The van der Waals surface area contributed by atoms with E-state index in [2.05, 4.69) is 20.6 Å². The van der Waals surface area contributed by atoms with Gasteiger partial charge in [-0.15, -0.1) is 5.10 Å². The summed E-state index contributed by atoms with van der Waals surface area (Å²) in [5.74, 6) is 0.0737. The molecule has 2 heterocycles. The van der Waals surface area contributed by atoms with Crippen molar-refractivity contribution < 1.29 is 9.21 Å². The van der Waals surface area contributed by atoms with Crippen LogP contribution in [0.25, 0.3) is 5.69 Å². The summed E-state index contributed by atoms with van der Waals surface area (Å²) in [5, 5.41) is 14.5. The van der Waals surface area contributed by atoms with Crippen LogP contribution in [0.2, 0.25) is 0 Å². The monoisotopic (exact) mass is 297 g/mol. The van der Waals surface area contributed by atoms with E-state index in [4.69, 9.17) is 4.42 Å². The molecule has 1 N–H and O–H groups in total. The van der Waals surface area contributed by atoms with E-state index in [1.165, 1.54) is 0 Å². The molecule has 3 aromatic rings. The van der Waals surface area contributed by atoms with Gasteiger partial charge in [0.25, 0.3) is 5.91 Å². The van der Waals surface area contributed by atoms with Crippen molar-refractivity contribution in [2.45, 2.75) is 20.8 Å². The lowest BCUT2D eigenvalue weighted by Crippen LogP contribution is -2.14. The zero-order valence-electron chi connectivity index (χ0n) is 12.5. The Bertz CT molecular complexity index is 820. The summed E-state index contributed by atoms with van der Waals surface area (Å²) in [6.07, 6.45) is 0. The molecule has 0 radical (unpaired) electrons. The lowest BCUT2D eigenvalue weighted by molar-refractivity contribution is 0.102. The molecule has 0 atom stereocenters. The van der Waals surface area contributed by atoms with Crippen molar-refractivity contribution >= 4 is 11.9 Å². The predicted molar refractivity (Wildman–Crippen MR) is 80.0 cm³/mol. The van der Waals surface area contributed by atoms with E-state index in [9.17, 15) is 4.79 Å². The maximum Gasteiger partial charge on any atom is 0.322 e. The van der Waals surface area contributed by atoms with Crippen molar-refractivity contribution in [1.29, 1.82) is 0 Å². The normalized spacial score (nSPS) is 10.7. The Kier molecular flexibility index (Phi) is 3.46. The number of anilines is 1. The summed E-state index contributed by atoms with van der Waals surface area (Å²) in [5.41, 5.74) is 2.78.